The van der Waals surface area contributed by atoms with Gasteiger partial charge in [0.05, 0.1) is 56.2 Å². The minimum absolute atomic E-state index is 0.0838. The molecule has 9 aliphatic heterocycles. The first-order valence-corrected chi connectivity index (χ1v) is 54.2. The van der Waals surface area contributed by atoms with Crippen molar-refractivity contribution < 1.29 is 47.0 Å². The summed E-state index contributed by atoms with van der Waals surface area (Å²) in [6, 6.07) is 38.5. The summed E-state index contributed by atoms with van der Waals surface area (Å²) in [5.74, 6) is 8.33. The zero-order valence-corrected chi connectivity index (χ0v) is 86.9. The number of aliphatic hydroxyl groups is 1. The van der Waals surface area contributed by atoms with Crippen molar-refractivity contribution >= 4 is 149 Å². The van der Waals surface area contributed by atoms with Crippen molar-refractivity contribution in [2.75, 3.05) is 159 Å². The molecule has 37 nitrogen and oxygen atoms in total. The van der Waals surface area contributed by atoms with Crippen LogP contribution in [0.2, 0.25) is 0 Å². The average Bonchev–Trinajstić information content (AvgIpc) is 1.65. The molecule has 0 atom stereocenters. The number of amides is 5. The van der Waals surface area contributed by atoms with Crippen molar-refractivity contribution in [1.82, 2.24) is 74.1 Å². The molecule has 146 heavy (non-hydrogen) atoms. The topological polar surface area (TPSA) is 408 Å². The Labute approximate surface area is 856 Å². The number of ether oxygens (including phenoxy) is 2. The van der Waals surface area contributed by atoms with Gasteiger partial charge >= 0.3 is 0 Å². The molecule has 4 saturated heterocycles. The van der Waals surface area contributed by atoms with Crippen LogP contribution in [0.15, 0.2) is 152 Å². The fraction of sp³-hybridized carbons (Fsp3) is 0.481. The molecule has 0 bridgehead atoms. The van der Waals surface area contributed by atoms with Crippen LogP contribution in [-0.2, 0) is 66.1 Å². The van der Waals surface area contributed by atoms with Gasteiger partial charge in [-0.05, 0) is 232 Å². The van der Waals surface area contributed by atoms with Crippen LogP contribution in [0.1, 0.15) is 200 Å². The maximum atomic E-state index is 12.5. The molecule has 0 aliphatic carbocycles. The quantitative estimate of drug-likeness (QED) is 0.0192. The lowest BCUT2D eigenvalue weighted by atomic mass is 10.1. The Kier molecular flexibility index (Phi) is 35.6. The van der Waals surface area contributed by atoms with Gasteiger partial charge in [-0.25, -0.2) is 33.3 Å². The highest BCUT2D eigenvalue weighted by atomic mass is 32.2. The van der Waals surface area contributed by atoms with E-state index in [-0.39, 0.29) is 65.8 Å². The summed E-state index contributed by atoms with van der Waals surface area (Å²) in [7, 11) is -3.14. The minimum atomic E-state index is -3.14. The van der Waals surface area contributed by atoms with Crippen molar-refractivity contribution in [3.8, 4) is 11.5 Å². The second-order valence-corrected chi connectivity index (χ2v) is 40.4. The number of aromatic nitrogens is 12. The van der Waals surface area contributed by atoms with Crippen molar-refractivity contribution in [2.45, 2.75) is 240 Å². The number of piperidine rings is 1. The molecule has 774 valence electrons. The number of H-pyrrole nitrogens is 1. The number of fused-ring (bicyclic) bond motifs is 6. The second kappa shape index (κ2) is 49.5. The molecule has 5 amide bonds. The Balaban J connectivity index is 0.000000131. The Morgan fingerprint density at radius 2 is 0.671 bits per heavy atom. The number of nitrogens with zero attached hydrogens (tertiary/aromatic N) is 21. The number of nitrogens with one attached hydrogen (secondary N) is 6. The third-order valence-corrected chi connectivity index (χ3v) is 30.0. The number of carbonyl (C=O) groups is 5. The molecule has 4 fully saturated rings. The summed E-state index contributed by atoms with van der Waals surface area (Å²) in [4.78, 5) is 126. The Morgan fingerprint density at radius 3 is 1.01 bits per heavy atom. The number of hydrogen-bond donors (Lipinski definition) is 7. The number of hydrogen-bond acceptors (Lipinski definition) is 30. The Bertz CT molecular complexity index is 6380. The highest BCUT2D eigenvalue weighted by Crippen LogP contribution is 2.40. The molecule has 9 aliphatic rings. The predicted octanol–water partition coefficient (Wildman–Crippen LogP) is 16.4. The lowest BCUT2D eigenvalue weighted by molar-refractivity contribution is -0.118. The molecule has 6 aromatic heterocycles. The normalized spacial score (nSPS) is 16.3. The van der Waals surface area contributed by atoms with Crippen LogP contribution < -0.4 is 70.4 Å². The van der Waals surface area contributed by atoms with E-state index in [1.807, 2.05) is 128 Å². The van der Waals surface area contributed by atoms with E-state index >= 15 is 0 Å². The van der Waals surface area contributed by atoms with Gasteiger partial charge in [-0.1, -0.05) is 75.3 Å². The van der Waals surface area contributed by atoms with Crippen LogP contribution in [0.4, 0.5) is 98.6 Å². The summed E-state index contributed by atoms with van der Waals surface area (Å²) in [6.07, 6.45) is 29.4. The van der Waals surface area contributed by atoms with Gasteiger partial charge in [-0.15, -0.1) is 0 Å². The van der Waals surface area contributed by atoms with E-state index in [4.69, 9.17) is 9.47 Å². The lowest BCUT2D eigenvalue weighted by Gasteiger charge is -2.34. The Morgan fingerprint density at radius 1 is 0.363 bits per heavy atom. The molecule has 20 rings (SSSR count). The monoisotopic (exact) mass is 2010 g/mol. The summed E-state index contributed by atoms with van der Waals surface area (Å²) in [6.45, 7) is 33.1. The molecule has 0 unspecified atom stereocenters. The molecule has 5 aromatic carbocycles. The number of aromatic amines is 1. The number of sulfonamides is 1. The van der Waals surface area contributed by atoms with Gasteiger partial charge in [0.1, 0.15) is 53.8 Å². The zero-order chi connectivity index (χ0) is 102. The van der Waals surface area contributed by atoms with Gasteiger partial charge in [0.25, 0.3) is 0 Å². The van der Waals surface area contributed by atoms with Crippen LogP contribution in [0, 0.1) is 0 Å². The lowest BCUT2D eigenvalue weighted by Crippen LogP contribution is -2.48. The van der Waals surface area contributed by atoms with Crippen LogP contribution in [0.3, 0.4) is 0 Å². The summed E-state index contributed by atoms with van der Waals surface area (Å²) >= 11 is 0. The molecular formula is C108H141N27O10S. The number of likely N-dealkylation sites (tertiary alicyclic amines) is 2. The van der Waals surface area contributed by atoms with E-state index in [9.17, 15) is 37.5 Å². The van der Waals surface area contributed by atoms with Crippen molar-refractivity contribution in [3.63, 3.8) is 0 Å². The van der Waals surface area contributed by atoms with Crippen LogP contribution in [0.5, 0.6) is 11.5 Å². The van der Waals surface area contributed by atoms with Gasteiger partial charge < -0.3 is 51.0 Å². The van der Waals surface area contributed by atoms with Gasteiger partial charge in [-0.2, -0.15) is 34.3 Å². The van der Waals surface area contributed by atoms with Crippen LogP contribution >= 0.6 is 0 Å². The van der Waals surface area contributed by atoms with E-state index in [0.717, 1.165) is 217 Å². The molecule has 0 spiro atoms. The highest BCUT2D eigenvalue weighted by molar-refractivity contribution is 7.88. The maximum Gasteiger partial charge on any atom is 0.233 e. The fourth-order valence-corrected chi connectivity index (χ4v) is 21.2. The van der Waals surface area contributed by atoms with Crippen LogP contribution in [-0.4, -0.2) is 252 Å². The van der Waals surface area contributed by atoms with Gasteiger partial charge in [0, 0.05) is 193 Å². The highest BCUT2D eigenvalue weighted by Gasteiger charge is 2.40. The smallest absolute Gasteiger partial charge is 0.233 e. The molecule has 38 heteroatoms. The van der Waals surface area contributed by atoms with E-state index in [2.05, 4.69) is 188 Å². The SMILES string of the molecule is CCC(CC)N1C(=O)Cc2cnc(Nc3ccc(N4CCC(O)CC4)cc3)nc21.CCC(CC)N1C(=O)Cc2cnc(Nc3ccc(N4CCN(S(C)(=O)=O)CC4)cc3)nc21.CCC(CC)N1C(=O)Cc2cnc(Nc3ccc(OCCN4CCCC4)cc3)nc21.CCC(CC)N1C(=O)Cc2cnc(Nc3ccc4[nH]ncc4c3)nc21.CCC(CC)N1C(=O)Cc2cnc(Nc3cccc(OCCN4CCCC4)c3)nc21. The van der Waals surface area contributed by atoms with Crippen LogP contribution in [0.25, 0.3) is 10.9 Å². The number of benzene rings is 5. The van der Waals surface area contributed by atoms with Crippen molar-refractivity contribution in [3.05, 3.63) is 180 Å². The maximum absolute atomic E-state index is 12.5. The number of anilines is 17. The molecule has 0 saturated carbocycles. The van der Waals surface area contributed by atoms with E-state index in [1.54, 1.807) is 37.2 Å². The summed E-state index contributed by atoms with van der Waals surface area (Å²) in [5.41, 5.74) is 12.0. The second-order valence-electron chi connectivity index (χ2n) is 38.4. The number of piperazine rings is 1. The largest absolute Gasteiger partial charge is 0.492 e. The first-order chi connectivity index (χ1) is 70.9. The fourth-order valence-electron chi connectivity index (χ4n) is 20.4. The third-order valence-electron chi connectivity index (χ3n) is 28.7. The van der Waals surface area contributed by atoms with Gasteiger partial charge in [0.2, 0.25) is 69.3 Å². The first-order valence-electron chi connectivity index (χ1n) is 52.3. The Hall–Kier alpha value is -13.7. The summed E-state index contributed by atoms with van der Waals surface area (Å²) in [5, 5.41) is 33.9. The number of aliphatic hydroxyl groups excluding tert-OH is 1. The summed E-state index contributed by atoms with van der Waals surface area (Å²) < 4.78 is 36.7. The van der Waals surface area contributed by atoms with E-state index in [1.165, 1.54) is 62.4 Å². The minimum Gasteiger partial charge on any atom is -0.492 e. The predicted molar refractivity (Wildman–Crippen MR) is 575 cm³/mol. The first kappa shape index (κ1) is 105. The van der Waals surface area contributed by atoms with E-state index in [0.29, 0.717) is 107 Å². The molecule has 11 aromatic rings. The van der Waals surface area contributed by atoms with Crippen molar-refractivity contribution in [2.24, 2.45) is 0 Å². The molecule has 15 heterocycles. The van der Waals surface area contributed by atoms with E-state index < -0.39 is 10.0 Å². The average molecular weight is 2010 g/mol. The van der Waals surface area contributed by atoms with Gasteiger partial charge in [-0.3, -0.25) is 63.4 Å². The van der Waals surface area contributed by atoms with Crippen molar-refractivity contribution in [1.29, 1.82) is 0 Å². The standard InChI is InChI=1S/2C23H31N5O2.C22H30N6O3S.C22H29N5O2.C18H20N6O/c1-3-19(4-2)28-21(29)15-17-16-24-23(26-22(17)28)25-18-7-9-20(10-8-18)30-14-13-27-11-5-6-12-27;1-3-19(4-2)28-21(29)14-17-16-24-23(26-22(17)28)25-18-8-7-9-20(15-18)30-13-12-27-10-5-6-11-27;1-4-18(5-2)28-20(29)14-16-15-23-22(25-21(16)28)24-17-6-8-19(9-7-17)26-10-12-27(13-11-26)32(3,30)31;1-3-17(4-2)27-20(29)13-15-14-23-22(25-21(15)27)24-16-5-7-18(8-6-16)26-11-9-19(28)10-12-26;1-3-14(4-2)24-16(25)8-12-9-19-18(22-17(12)24)21-13-5-6-15-11(7-13)10-20-23-15/h7-10,16,19H,3-6,11-15H2,1-2H3,(H,24,25,26);7-9,15-16,19H,3-6,10-14H2,1-2H3,(H,24,25,26);6-9,15,18H,4-5,10-14H2,1-3H3,(H,23,24,25);5-8,14,17,19,28H,3-4,9-13H2,1-2H3,(H,23,24,25);5-7,9-10,14H,3-4,8H2,1-2H3,(H,20,23)(H,19,21,22). The third kappa shape index (κ3) is 25.9. The zero-order valence-electron chi connectivity index (χ0n) is 86.1. The molecule has 0 radical (unpaired) electrons. The molecule has 7 N–H and O–H groups in total. The number of carbonyl (C=O) groups excluding carboxylic acids is 5. The number of rotatable bonds is 36. The van der Waals surface area contributed by atoms with Gasteiger partial charge in [0.15, 0.2) is 0 Å². The molecular weight excluding hydrogens is 1870 g/mol.